The molecule has 12 heavy (non-hydrogen) atoms. The van der Waals surface area contributed by atoms with Gasteiger partial charge in [0.15, 0.2) is 0 Å². The summed E-state index contributed by atoms with van der Waals surface area (Å²) in [6.07, 6.45) is -3.30. The van der Waals surface area contributed by atoms with Gasteiger partial charge in [-0.25, -0.2) is 0 Å². The van der Waals surface area contributed by atoms with Crippen LogP contribution in [-0.2, 0) is 6.18 Å². The second-order valence-corrected chi connectivity index (χ2v) is 2.86. The molecule has 0 bridgehead atoms. The van der Waals surface area contributed by atoms with E-state index in [2.05, 4.69) is 4.42 Å². The third-order valence-electron chi connectivity index (χ3n) is 1.58. The zero-order valence-electron chi connectivity index (χ0n) is 6.77. The normalized spacial score (nSPS) is 12.5. The molecule has 0 atom stereocenters. The molecule has 1 nitrogen and oxygen atoms in total. The van der Waals surface area contributed by atoms with Gasteiger partial charge in [0.1, 0.15) is 0 Å². The molecular weight excluding hydrogens is 169 g/mol. The standard InChI is InChI=1S/C8H9F3O/c1-5(2)6-3-4-12-7(6)8(9,10)11/h3-5H,1-2H3. The third-order valence-corrected chi connectivity index (χ3v) is 1.58. The summed E-state index contributed by atoms with van der Waals surface area (Å²) in [4.78, 5) is 0. The minimum Gasteiger partial charge on any atom is -0.459 e. The van der Waals surface area contributed by atoms with Crippen molar-refractivity contribution in [1.82, 2.24) is 0 Å². The molecule has 68 valence electrons. The predicted octanol–water partition coefficient (Wildman–Crippen LogP) is 3.42. The van der Waals surface area contributed by atoms with Gasteiger partial charge in [0.25, 0.3) is 0 Å². The molecule has 0 N–H and O–H groups in total. The average Bonchev–Trinajstić information content (AvgIpc) is 2.30. The summed E-state index contributed by atoms with van der Waals surface area (Å²) in [6.45, 7) is 3.39. The maximum atomic E-state index is 12.1. The molecular formula is C8H9F3O. The van der Waals surface area contributed by atoms with Gasteiger partial charge in [-0.3, -0.25) is 0 Å². The van der Waals surface area contributed by atoms with Crippen LogP contribution in [0.5, 0.6) is 0 Å². The summed E-state index contributed by atoms with van der Waals surface area (Å²) in [5, 5.41) is 0. The number of furan rings is 1. The van der Waals surface area contributed by atoms with E-state index >= 15 is 0 Å². The first-order chi connectivity index (χ1) is 5.43. The van der Waals surface area contributed by atoms with Crippen molar-refractivity contribution in [2.75, 3.05) is 0 Å². The van der Waals surface area contributed by atoms with Crippen LogP contribution in [0.25, 0.3) is 0 Å². The van der Waals surface area contributed by atoms with Crippen LogP contribution in [0.15, 0.2) is 16.7 Å². The van der Waals surface area contributed by atoms with Crippen molar-refractivity contribution >= 4 is 0 Å². The average molecular weight is 178 g/mol. The van der Waals surface area contributed by atoms with Gasteiger partial charge in [-0.1, -0.05) is 13.8 Å². The summed E-state index contributed by atoms with van der Waals surface area (Å²) in [7, 11) is 0. The Bertz CT molecular complexity index is 260. The molecule has 1 aromatic rings. The Balaban J connectivity index is 3.08. The molecule has 0 aliphatic heterocycles. The van der Waals surface area contributed by atoms with Gasteiger partial charge in [0.05, 0.1) is 6.26 Å². The minimum absolute atomic E-state index is 0.166. The lowest BCUT2D eigenvalue weighted by Gasteiger charge is -2.07. The van der Waals surface area contributed by atoms with Gasteiger partial charge in [-0.05, 0) is 12.0 Å². The molecule has 1 aromatic heterocycles. The van der Waals surface area contributed by atoms with Crippen molar-refractivity contribution in [3.05, 3.63) is 23.7 Å². The third kappa shape index (κ3) is 1.62. The molecule has 0 saturated carbocycles. The molecule has 1 heterocycles. The topological polar surface area (TPSA) is 13.1 Å². The van der Waals surface area contributed by atoms with Gasteiger partial charge in [0.2, 0.25) is 5.76 Å². The Hall–Kier alpha value is -0.930. The molecule has 0 spiro atoms. The van der Waals surface area contributed by atoms with Crippen molar-refractivity contribution in [2.45, 2.75) is 25.9 Å². The number of rotatable bonds is 1. The number of hydrogen-bond donors (Lipinski definition) is 0. The first-order valence-corrected chi connectivity index (χ1v) is 3.57. The summed E-state index contributed by atoms with van der Waals surface area (Å²) in [5.74, 6) is -1.04. The van der Waals surface area contributed by atoms with Gasteiger partial charge in [-0.15, -0.1) is 0 Å². The van der Waals surface area contributed by atoms with Crippen molar-refractivity contribution in [1.29, 1.82) is 0 Å². The van der Waals surface area contributed by atoms with Crippen molar-refractivity contribution in [2.24, 2.45) is 0 Å². The fourth-order valence-corrected chi connectivity index (χ4v) is 1.00. The second kappa shape index (κ2) is 2.84. The molecule has 0 radical (unpaired) electrons. The van der Waals surface area contributed by atoms with Crippen molar-refractivity contribution < 1.29 is 17.6 Å². The Morgan fingerprint density at radius 1 is 1.33 bits per heavy atom. The van der Waals surface area contributed by atoms with Gasteiger partial charge in [0, 0.05) is 5.56 Å². The molecule has 4 heteroatoms. The highest BCUT2D eigenvalue weighted by Gasteiger charge is 2.37. The summed E-state index contributed by atoms with van der Waals surface area (Å²) >= 11 is 0. The van der Waals surface area contributed by atoms with Crippen LogP contribution in [0.3, 0.4) is 0 Å². The van der Waals surface area contributed by atoms with Crippen molar-refractivity contribution in [3.63, 3.8) is 0 Å². The lowest BCUT2D eigenvalue weighted by Crippen LogP contribution is -2.07. The van der Waals surface area contributed by atoms with E-state index < -0.39 is 11.9 Å². The van der Waals surface area contributed by atoms with Crippen LogP contribution in [0.2, 0.25) is 0 Å². The molecule has 0 aromatic carbocycles. The maximum absolute atomic E-state index is 12.1. The molecule has 0 aliphatic carbocycles. The van der Waals surface area contributed by atoms with Gasteiger partial charge in [-0.2, -0.15) is 13.2 Å². The number of halogens is 3. The van der Waals surface area contributed by atoms with Crippen LogP contribution in [0.1, 0.15) is 31.1 Å². The Kier molecular flexibility index (Phi) is 2.17. The maximum Gasteiger partial charge on any atom is 0.449 e. The van der Waals surface area contributed by atoms with E-state index in [1.807, 2.05) is 0 Å². The lowest BCUT2D eigenvalue weighted by molar-refractivity contribution is -0.153. The van der Waals surface area contributed by atoms with Crippen LogP contribution in [0.4, 0.5) is 13.2 Å². The van der Waals surface area contributed by atoms with Crippen molar-refractivity contribution in [3.8, 4) is 0 Å². The Morgan fingerprint density at radius 3 is 2.25 bits per heavy atom. The lowest BCUT2D eigenvalue weighted by atomic mass is 10.0. The van der Waals surface area contributed by atoms with E-state index in [4.69, 9.17) is 0 Å². The number of alkyl halides is 3. The number of hydrogen-bond acceptors (Lipinski definition) is 1. The quantitative estimate of drug-likeness (QED) is 0.642. The van der Waals surface area contributed by atoms with E-state index in [1.54, 1.807) is 13.8 Å². The first kappa shape index (κ1) is 9.16. The van der Waals surface area contributed by atoms with E-state index in [9.17, 15) is 13.2 Å². The molecule has 0 amide bonds. The van der Waals surface area contributed by atoms with E-state index in [0.29, 0.717) is 0 Å². The van der Waals surface area contributed by atoms with Crippen LogP contribution < -0.4 is 0 Å². The minimum atomic E-state index is -4.37. The summed E-state index contributed by atoms with van der Waals surface area (Å²) in [5.41, 5.74) is 0.211. The molecule has 0 fully saturated rings. The summed E-state index contributed by atoms with van der Waals surface area (Å²) in [6, 6.07) is 1.35. The molecule has 0 aliphatic rings. The van der Waals surface area contributed by atoms with E-state index in [-0.39, 0.29) is 11.5 Å². The molecule has 0 saturated heterocycles. The van der Waals surface area contributed by atoms with E-state index in [1.165, 1.54) is 6.07 Å². The smallest absolute Gasteiger partial charge is 0.449 e. The van der Waals surface area contributed by atoms with Crippen LogP contribution in [-0.4, -0.2) is 0 Å². The Labute approximate surface area is 68.2 Å². The Morgan fingerprint density at radius 2 is 1.92 bits per heavy atom. The SMILES string of the molecule is CC(C)c1ccoc1C(F)(F)F. The zero-order valence-corrected chi connectivity index (χ0v) is 6.77. The van der Waals surface area contributed by atoms with Crippen LogP contribution in [0, 0.1) is 0 Å². The molecule has 1 rings (SSSR count). The summed E-state index contributed by atoms with van der Waals surface area (Å²) < 4.78 is 40.8. The van der Waals surface area contributed by atoms with E-state index in [0.717, 1.165) is 6.26 Å². The fourth-order valence-electron chi connectivity index (χ4n) is 1.00. The van der Waals surface area contributed by atoms with Gasteiger partial charge >= 0.3 is 6.18 Å². The highest BCUT2D eigenvalue weighted by atomic mass is 19.4. The second-order valence-electron chi connectivity index (χ2n) is 2.86. The predicted molar refractivity (Wildman–Crippen MR) is 37.8 cm³/mol. The highest BCUT2D eigenvalue weighted by Crippen LogP contribution is 2.35. The van der Waals surface area contributed by atoms with Gasteiger partial charge < -0.3 is 4.42 Å². The fraction of sp³-hybridized carbons (Fsp3) is 0.500. The molecule has 0 unspecified atom stereocenters. The monoisotopic (exact) mass is 178 g/mol. The first-order valence-electron chi connectivity index (χ1n) is 3.57. The van der Waals surface area contributed by atoms with Crippen LogP contribution >= 0.6 is 0 Å². The largest absolute Gasteiger partial charge is 0.459 e. The zero-order chi connectivity index (χ0) is 9.35. The highest BCUT2D eigenvalue weighted by molar-refractivity contribution is 5.22.